The van der Waals surface area contributed by atoms with Gasteiger partial charge in [0.2, 0.25) is 5.88 Å². The second kappa shape index (κ2) is 4.54. The van der Waals surface area contributed by atoms with Crippen LogP contribution in [-0.2, 0) is 7.05 Å². The maximum atomic E-state index is 11.9. The minimum Gasteiger partial charge on any atom is -0.477 e. The molecule has 7 heteroatoms. The summed E-state index contributed by atoms with van der Waals surface area (Å²) in [6, 6.07) is 0. The van der Waals surface area contributed by atoms with Gasteiger partial charge in [-0.25, -0.2) is 4.68 Å². The molecule has 0 atom stereocenters. The second-order valence-electron chi connectivity index (χ2n) is 3.26. The Morgan fingerprint density at radius 3 is 2.62 bits per heavy atom. The van der Waals surface area contributed by atoms with Crippen molar-refractivity contribution in [2.45, 2.75) is 19.5 Å². The number of ether oxygens (including phenoxy) is 1. The van der Waals surface area contributed by atoms with Crippen molar-refractivity contribution in [1.29, 1.82) is 0 Å². The molecule has 1 aromatic heterocycles. The molecular weight excluding hydrogens is 225 g/mol. The molecule has 0 saturated carbocycles. The molecule has 0 aliphatic rings. The molecule has 0 saturated heterocycles. The Morgan fingerprint density at radius 2 is 2.12 bits per heavy atom. The van der Waals surface area contributed by atoms with E-state index in [1.165, 1.54) is 11.7 Å². The molecule has 4 nitrogen and oxygen atoms in total. The van der Waals surface area contributed by atoms with E-state index in [1.807, 2.05) is 0 Å². The van der Waals surface area contributed by atoms with Crippen LogP contribution in [0, 0.1) is 6.92 Å². The molecular formula is C9H11F3N2O2. The first-order valence-electron chi connectivity index (χ1n) is 4.53. The van der Waals surface area contributed by atoms with Gasteiger partial charge < -0.3 is 4.74 Å². The topological polar surface area (TPSA) is 44.1 Å². The molecule has 16 heavy (non-hydrogen) atoms. The van der Waals surface area contributed by atoms with E-state index < -0.39 is 19.2 Å². The Balaban J connectivity index is 2.70. The third-order valence-electron chi connectivity index (χ3n) is 1.96. The van der Waals surface area contributed by atoms with Crippen LogP contribution in [0.25, 0.3) is 0 Å². The van der Waals surface area contributed by atoms with Crippen molar-refractivity contribution in [3.05, 3.63) is 11.3 Å². The van der Waals surface area contributed by atoms with E-state index in [1.54, 1.807) is 6.92 Å². The van der Waals surface area contributed by atoms with Crippen molar-refractivity contribution in [2.75, 3.05) is 6.61 Å². The van der Waals surface area contributed by atoms with Crippen LogP contribution in [0.4, 0.5) is 13.2 Å². The third kappa shape index (κ3) is 2.98. The Morgan fingerprint density at radius 1 is 1.50 bits per heavy atom. The van der Waals surface area contributed by atoms with Crippen LogP contribution in [-0.4, -0.2) is 28.8 Å². The highest BCUT2D eigenvalue weighted by molar-refractivity contribution is 5.79. The van der Waals surface area contributed by atoms with Crippen molar-refractivity contribution in [3.63, 3.8) is 0 Å². The summed E-state index contributed by atoms with van der Waals surface area (Å²) < 4.78 is 41.8. The minimum atomic E-state index is -4.27. The summed E-state index contributed by atoms with van der Waals surface area (Å²) in [4.78, 5) is 10.7. The van der Waals surface area contributed by atoms with Gasteiger partial charge in [0.15, 0.2) is 6.29 Å². The smallest absolute Gasteiger partial charge is 0.392 e. The highest BCUT2D eigenvalue weighted by Gasteiger charge is 2.27. The van der Waals surface area contributed by atoms with Crippen molar-refractivity contribution in [3.8, 4) is 5.88 Å². The third-order valence-corrected chi connectivity index (χ3v) is 1.96. The summed E-state index contributed by atoms with van der Waals surface area (Å²) in [6.45, 7) is 1.06. The number of nitrogens with zero attached hydrogens (tertiary/aromatic N) is 2. The predicted octanol–water partition coefficient (Wildman–Crippen LogP) is 1.87. The van der Waals surface area contributed by atoms with Gasteiger partial charge in [-0.15, -0.1) is 0 Å². The van der Waals surface area contributed by atoms with Gasteiger partial charge >= 0.3 is 6.18 Å². The number of alkyl halides is 3. The molecule has 90 valence electrons. The largest absolute Gasteiger partial charge is 0.477 e. The molecule has 0 amide bonds. The first-order chi connectivity index (χ1) is 7.35. The molecule has 1 heterocycles. The van der Waals surface area contributed by atoms with Crippen molar-refractivity contribution < 1.29 is 22.7 Å². The van der Waals surface area contributed by atoms with Gasteiger partial charge in [0, 0.05) is 7.05 Å². The van der Waals surface area contributed by atoms with Crippen molar-refractivity contribution >= 4 is 6.29 Å². The van der Waals surface area contributed by atoms with E-state index >= 15 is 0 Å². The molecule has 0 bridgehead atoms. The van der Waals surface area contributed by atoms with Gasteiger partial charge in [0.1, 0.15) is 0 Å². The van der Waals surface area contributed by atoms with E-state index in [4.69, 9.17) is 4.74 Å². The maximum absolute atomic E-state index is 11.9. The molecule has 0 N–H and O–H groups in total. The number of aldehydes is 1. The number of carbonyl (C=O) groups is 1. The first-order valence-corrected chi connectivity index (χ1v) is 4.53. The molecule has 0 aliphatic heterocycles. The van der Waals surface area contributed by atoms with Crippen LogP contribution >= 0.6 is 0 Å². The number of halogens is 3. The standard InChI is InChI=1S/C9H11F3N2O2/c1-6-7(5-15)8(14(2)13-6)16-4-3-9(10,11)12/h5H,3-4H2,1-2H3. The van der Waals surface area contributed by atoms with Gasteiger partial charge in [-0.3, -0.25) is 4.79 Å². The quantitative estimate of drug-likeness (QED) is 0.749. The van der Waals surface area contributed by atoms with E-state index in [0.29, 0.717) is 12.0 Å². The van der Waals surface area contributed by atoms with Gasteiger partial charge in [0.25, 0.3) is 0 Å². The average molecular weight is 236 g/mol. The van der Waals surface area contributed by atoms with Crippen molar-refractivity contribution in [1.82, 2.24) is 9.78 Å². The number of hydrogen-bond donors (Lipinski definition) is 0. The fourth-order valence-electron chi connectivity index (χ4n) is 1.22. The summed E-state index contributed by atoms with van der Waals surface area (Å²) in [5, 5.41) is 3.88. The second-order valence-corrected chi connectivity index (χ2v) is 3.26. The summed E-state index contributed by atoms with van der Waals surface area (Å²) in [6.07, 6.45) is -4.81. The first kappa shape index (κ1) is 12.5. The Bertz CT molecular complexity index is 385. The van der Waals surface area contributed by atoms with Crippen LogP contribution in [0.1, 0.15) is 22.5 Å². The molecule has 1 aromatic rings. The maximum Gasteiger partial charge on any atom is 0.392 e. The number of carbonyl (C=O) groups excluding carboxylic acids is 1. The van der Waals surface area contributed by atoms with Crippen molar-refractivity contribution in [2.24, 2.45) is 7.05 Å². The zero-order valence-corrected chi connectivity index (χ0v) is 8.84. The molecule has 0 unspecified atom stereocenters. The van der Waals surface area contributed by atoms with E-state index in [2.05, 4.69) is 5.10 Å². The molecule has 0 aliphatic carbocycles. The zero-order valence-electron chi connectivity index (χ0n) is 8.84. The molecule has 0 fully saturated rings. The van der Waals surface area contributed by atoms with E-state index in [0.717, 1.165) is 0 Å². The number of aryl methyl sites for hydroxylation is 2. The summed E-state index contributed by atoms with van der Waals surface area (Å²) in [5.41, 5.74) is 0.615. The SMILES string of the molecule is Cc1nn(C)c(OCCC(F)(F)F)c1C=O. The summed E-state index contributed by atoms with van der Waals surface area (Å²) >= 11 is 0. The lowest BCUT2D eigenvalue weighted by atomic mass is 10.3. The Kier molecular flexibility index (Phi) is 3.56. The summed E-state index contributed by atoms with van der Waals surface area (Å²) in [5.74, 6) is 0.0664. The Labute approximate surface area is 90.0 Å². The van der Waals surface area contributed by atoms with Crippen LogP contribution in [0.3, 0.4) is 0 Å². The lowest BCUT2D eigenvalue weighted by Crippen LogP contribution is -2.14. The van der Waals surface area contributed by atoms with Crippen LogP contribution in [0.15, 0.2) is 0 Å². The Hall–Kier alpha value is -1.53. The normalized spacial score (nSPS) is 11.6. The van der Waals surface area contributed by atoms with Gasteiger partial charge in [-0.05, 0) is 6.92 Å². The summed E-state index contributed by atoms with van der Waals surface area (Å²) in [7, 11) is 1.50. The van der Waals surface area contributed by atoms with E-state index in [-0.39, 0.29) is 11.4 Å². The minimum absolute atomic E-state index is 0.0664. The highest BCUT2D eigenvalue weighted by atomic mass is 19.4. The monoisotopic (exact) mass is 236 g/mol. The number of hydrogen-bond acceptors (Lipinski definition) is 3. The molecule has 0 aromatic carbocycles. The lowest BCUT2D eigenvalue weighted by molar-refractivity contribution is -0.139. The van der Waals surface area contributed by atoms with Crippen LogP contribution < -0.4 is 4.74 Å². The molecule has 1 rings (SSSR count). The zero-order chi connectivity index (χ0) is 12.3. The number of aromatic nitrogens is 2. The van der Waals surface area contributed by atoms with Gasteiger partial charge in [-0.1, -0.05) is 0 Å². The van der Waals surface area contributed by atoms with Crippen LogP contribution in [0.2, 0.25) is 0 Å². The fraction of sp³-hybridized carbons (Fsp3) is 0.556. The highest BCUT2D eigenvalue weighted by Crippen LogP contribution is 2.22. The number of rotatable bonds is 4. The van der Waals surface area contributed by atoms with Crippen LogP contribution in [0.5, 0.6) is 5.88 Å². The molecule has 0 spiro atoms. The van der Waals surface area contributed by atoms with Gasteiger partial charge in [-0.2, -0.15) is 18.3 Å². The average Bonchev–Trinajstić information content (AvgIpc) is 2.39. The fourth-order valence-corrected chi connectivity index (χ4v) is 1.22. The van der Waals surface area contributed by atoms with E-state index in [9.17, 15) is 18.0 Å². The molecule has 0 radical (unpaired) electrons. The van der Waals surface area contributed by atoms with Gasteiger partial charge in [0.05, 0.1) is 24.3 Å². The predicted molar refractivity (Wildman–Crippen MR) is 49.5 cm³/mol. The lowest BCUT2D eigenvalue weighted by Gasteiger charge is -2.08.